The van der Waals surface area contributed by atoms with Crippen molar-refractivity contribution in [2.75, 3.05) is 5.88 Å². The van der Waals surface area contributed by atoms with Gasteiger partial charge in [0.2, 0.25) is 0 Å². The molecule has 0 heterocycles. The van der Waals surface area contributed by atoms with E-state index in [1.54, 1.807) is 0 Å². The summed E-state index contributed by atoms with van der Waals surface area (Å²) in [5.41, 5.74) is 2.33. The van der Waals surface area contributed by atoms with Crippen molar-refractivity contribution >= 4 is 29.0 Å². The van der Waals surface area contributed by atoms with Gasteiger partial charge in [-0.1, -0.05) is 23.7 Å². The standard InChI is InChI=1S/C10H10Cl2O/c1-6-3-4-7(2)10(12)9(6)8(13)5-11/h3-4H,5H2,1-2H3. The molecule has 13 heavy (non-hydrogen) atoms. The number of hydrogen-bond donors (Lipinski definition) is 0. The largest absolute Gasteiger partial charge is 0.293 e. The highest BCUT2D eigenvalue weighted by atomic mass is 35.5. The number of ketones is 1. The molecule has 0 saturated carbocycles. The quantitative estimate of drug-likeness (QED) is 0.548. The number of alkyl halides is 1. The molecule has 0 N–H and O–H groups in total. The zero-order valence-corrected chi connectivity index (χ0v) is 9.04. The van der Waals surface area contributed by atoms with E-state index in [-0.39, 0.29) is 11.7 Å². The predicted molar refractivity (Wildman–Crippen MR) is 56.0 cm³/mol. The number of hydrogen-bond acceptors (Lipinski definition) is 1. The number of aryl methyl sites for hydroxylation is 2. The van der Waals surface area contributed by atoms with Gasteiger partial charge in [-0.25, -0.2) is 0 Å². The second-order valence-corrected chi connectivity index (χ2v) is 3.59. The van der Waals surface area contributed by atoms with Gasteiger partial charge in [0.05, 0.1) is 10.9 Å². The number of rotatable bonds is 2. The van der Waals surface area contributed by atoms with E-state index in [4.69, 9.17) is 23.2 Å². The Hall–Kier alpha value is -0.530. The molecule has 1 nitrogen and oxygen atoms in total. The first-order valence-corrected chi connectivity index (χ1v) is 4.84. The number of Topliss-reactive ketones (excluding diaryl/α,β-unsaturated/α-hetero) is 1. The fraction of sp³-hybridized carbons (Fsp3) is 0.300. The molecule has 0 aliphatic rings. The molecular formula is C10H10Cl2O. The van der Waals surface area contributed by atoms with Crippen LogP contribution in [-0.2, 0) is 0 Å². The maximum atomic E-state index is 11.4. The SMILES string of the molecule is Cc1ccc(C)c(C(=O)CCl)c1Cl. The molecule has 0 bridgehead atoms. The van der Waals surface area contributed by atoms with Gasteiger partial charge in [-0.3, -0.25) is 4.79 Å². The van der Waals surface area contributed by atoms with Crippen molar-refractivity contribution in [3.05, 3.63) is 33.8 Å². The first kappa shape index (κ1) is 10.6. The summed E-state index contributed by atoms with van der Waals surface area (Å²) in [6, 6.07) is 3.77. The molecule has 0 radical (unpaired) electrons. The predicted octanol–water partition coefficient (Wildman–Crippen LogP) is 3.38. The molecule has 0 spiro atoms. The minimum atomic E-state index is -0.118. The number of benzene rings is 1. The summed E-state index contributed by atoms with van der Waals surface area (Å²) in [5.74, 6) is -0.142. The van der Waals surface area contributed by atoms with E-state index in [0.717, 1.165) is 11.1 Å². The second-order valence-electron chi connectivity index (χ2n) is 2.95. The van der Waals surface area contributed by atoms with Crippen LogP contribution in [0.3, 0.4) is 0 Å². The van der Waals surface area contributed by atoms with Crippen LogP contribution in [0.15, 0.2) is 12.1 Å². The summed E-state index contributed by atoms with van der Waals surface area (Å²) < 4.78 is 0. The summed E-state index contributed by atoms with van der Waals surface area (Å²) in [7, 11) is 0. The van der Waals surface area contributed by atoms with E-state index in [2.05, 4.69) is 0 Å². The molecule has 0 unspecified atom stereocenters. The van der Waals surface area contributed by atoms with Crippen molar-refractivity contribution in [3.63, 3.8) is 0 Å². The molecule has 0 saturated heterocycles. The van der Waals surface area contributed by atoms with Crippen LogP contribution in [0.1, 0.15) is 21.5 Å². The van der Waals surface area contributed by atoms with E-state index in [1.165, 1.54) is 0 Å². The minimum Gasteiger partial charge on any atom is -0.293 e. The van der Waals surface area contributed by atoms with Crippen LogP contribution in [0.25, 0.3) is 0 Å². The second kappa shape index (κ2) is 4.12. The zero-order chi connectivity index (χ0) is 10.0. The summed E-state index contributed by atoms with van der Waals surface area (Å²) in [5, 5.41) is 0.519. The maximum Gasteiger partial charge on any atom is 0.179 e. The van der Waals surface area contributed by atoms with Crippen molar-refractivity contribution in [1.82, 2.24) is 0 Å². The van der Waals surface area contributed by atoms with E-state index >= 15 is 0 Å². The molecule has 1 aromatic carbocycles. The van der Waals surface area contributed by atoms with Gasteiger partial charge in [-0.2, -0.15) is 0 Å². The van der Waals surface area contributed by atoms with Crippen molar-refractivity contribution in [2.45, 2.75) is 13.8 Å². The normalized spacial score (nSPS) is 10.2. The van der Waals surface area contributed by atoms with Crippen LogP contribution in [-0.4, -0.2) is 11.7 Å². The Balaban J connectivity index is 3.33. The van der Waals surface area contributed by atoms with Crippen LogP contribution in [0.5, 0.6) is 0 Å². The smallest absolute Gasteiger partial charge is 0.179 e. The van der Waals surface area contributed by atoms with E-state index < -0.39 is 0 Å². The number of carbonyl (C=O) groups is 1. The Kier molecular flexibility index (Phi) is 3.34. The Bertz CT molecular complexity index is 345. The molecule has 0 aromatic heterocycles. The average Bonchev–Trinajstić information content (AvgIpc) is 2.12. The molecule has 0 amide bonds. The molecular weight excluding hydrogens is 207 g/mol. The molecule has 0 aliphatic heterocycles. The van der Waals surface area contributed by atoms with Crippen LogP contribution in [0, 0.1) is 13.8 Å². The van der Waals surface area contributed by atoms with Crippen molar-refractivity contribution in [1.29, 1.82) is 0 Å². The first-order chi connectivity index (χ1) is 6.07. The van der Waals surface area contributed by atoms with Crippen LogP contribution < -0.4 is 0 Å². The first-order valence-electron chi connectivity index (χ1n) is 3.92. The van der Waals surface area contributed by atoms with Gasteiger partial charge in [-0.15, -0.1) is 11.6 Å². The highest BCUT2D eigenvalue weighted by Crippen LogP contribution is 2.24. The molecule has 0 fully saturated rings. The Labute approximate surface area is 87.7 Å². The monoisotopic (exact) mass is 216 g/mol. The fourth-order valence-corrected chi connectivity index (χ4v) is 1.64. The Morgan fingerprint density at radius 1 is 1.31 bits per heavy atom. The van der Waals surface area contributed by atoms with Crippen LogP contribution in [0.2, 0.25) is 5.02 Å². The maximum absolute atomic E-state index is 11.4. The van der Waals surface area contributed by atoms with Gasteiger partial charge in [0.25, 0.3) is 0 Å². The van der Waals surface area contributed by atoms with E-state index in [1.807, 2.05) is 26.0 Å². The third-order valence-corrected chi connectivity index (χ3v) is 2.67. The number of carbonyl (C=O) groups excluding carboxylic acids is 1. The van der Waals surface area contributed by atoms with Crippen LogP contribution in [0.4, 0.5) is 0 Å². The summed E-state index contributed by atoms with van der Waals surface area (Å²) in [4.78, 5) is 11.4. The average molecular weight is 217 g/mol. The Morgan fingerprint density at radius 3 is 2.38 bits per heavy atom. The van der Waals surface area contributed by atoms with Crippen LogP contribution >= 0.6 is 23.2 Å². The van der Waals surface area contributed by atoms with Gasteiger partial charge < -0.3 is 0 Å². The van der Waals surface area contributed by atoms with Crippen molar-refractivity contribution in [3.8, 4) is 0 Å². The van der Waals surface area contributed by atoms with Gasteiger partial charge in [0.1, 0.15) is 0 Å². The molecule has 0 atom stereocenters. The molecule has 0 aliphatic carbocycles. The molecule has 3 heteroatoms. The highest BCUT2D eigenvalue weighted by Gasteiger charge is 2.13. The van der Waals surface area contributed by atoms with E-state index in [9.17, 15) is 4.79 Å². The van der Waals surface area contributed by atoms with Gasteiger partial charge >= 0.3 is 0 Å². The van der Waals surface area contributed by atoms with Crippen molar-refractivity contribution in [2.24, 2.45) is 0 Å². The molecule has 70 valence electrons. The number of halogens is 2. The molecule has 1 rings (SSSR count). The van der Waals surface area contributed by atoms with Gasteiger partial charge in [0, 0.05) is 5.56 Å². The lowest BCUT2D eigenvalue weighted by Gasteiger charge is -2.07. The zero-order valence-electron chi connectivity index (χ0n) is 7.53. The third-order valence-electron chi connectivity index (χ3n) is 1.94. The van der Waals surface area contributed by atoms with Gasteiger partial charge in [0.15, 0.2) is 5.78 Å². The fourth-order valence-electron chi connectivity index (χ4n) is 1.19. The van der Waals surface area contributed by atoms with Crippen molar-refractivity contribution < 1.29 is 4.79 Å². The van der Waals surface area contributed by atoms with E-state index in [0.29, 0.717) is 10.6 Å². The summed E-state index contributed by atoms with van der Waals surface area (Å²) in [6.45, 7) is 3.72. The lowest BCUT2D eigenvalue weighted by Crippen LogP contribution is -2.04. The Morgan fingerprint density at radius 2 is 1.85 bits per heavy atom. The lowest BCUT2D eigenvalue weighted by atomic mass is 10.0. The summed E-state index contributed by atoms with van der Waals surface area (Å²) in [6.07, 6.45) is 0. The molecule has 1 aromatic rings. The minimum absolute atomic E-state index is 0.0238. The summed E-state index contributed by atoms with van der Waals surface area (Å²) >= 11 is 11.5. The third kappa shape index (κ3) is 2.04. The van der Waals surface area contributed by atoms with Gasteiger partial charge in [-0.05, 0) is 25.0 Å². The lowest BCUT2D eigenvalue weighted by molar-refractivity contribution is 0.102. The highest BCUT2D eigenvalue weighted by molar-refractivity contribution is 6.38. The topological polar surface area (TPSA) is 17.1 Å².